The average Bonchev–Trinajstić information content (AvgIpc) is 2.13. The first kappa shape index (κ1) is 12.0. The summed E-state index contributed by atoms with van der Waals surface area (Å²) in [7, 11) is 0. The Labute approximate surface area is 97.9 Å². The molecule has 1 aromatic rings. The third kappa shape index (κ3) is 2.71. The number of hydrogen-bond acceptors (Lipinski definition) is 2. The highest BCUT2D eigenvalue weighted by Crippen LogP contribution is 2.29. The van der Waals surface area contributed by atoms with Crippen LogP contribution in [-0.4, -0.2) is 0 Å². The average molecular weight is 226 g/mol. The molecule has 0 radical (unpaired) electrons. The van der Waals surface area contributed by atoms with E-state index in [1.54, 1.807) is 0 Å². The molecule has 2 heteroatoms. The van der Waals surface area contributed by atoms with Crippen LogP contribution < -0.4 is 0 Å². The molecule has 78 valence electrons. The number of hydrogen-bond donors (Lipinski definition) is 2. The molecular weight excluding hydrogens is 208 g/mol. The first-order valence-corrected chi connectivity index (χ1v) is 5.98. The van der Waals surface area contributed by atoms with Crippen LogP contribution in [0.25, 0.3) is 0 Å². The smallest absolute Gasteiger partial charge is 0.0203 e. The SMILES string of the molecule is CCCC(C)c1cc(C)c(S)c(S)c1. The van der Waals surface area contributed by atoms with E-state index in [0.29, 0.717) is 5.92 Å². The minimum Gasteiger partial charge on any atom is -0.142 e. The third-order valence-corrected chi connectivity index (χ3v) is 3.72. The maximum atomic E-state index is 4.42. The minimum absolute atomic E-state index is 0.624. The van der Waals surface area contributed by atoms with Crippen LogP contribution in [0.4, 0.5) is 0 Å². The van der Waals surface area contributed by atoms with Crippen LogP contribution in [0.3, 0.4) is 0 Å². The summed E-state index contributed by atoms with van der Waals surface area (Å²) in [6.07, 6.45) is 2.46. The maximum Gasteiger partial charge on any atom is 0.0203 e. The van der Waals surface area contributed by atoms with Gasteiger partial charge in [0.2, 0.25) is 0 Å². The zero-order valence-electron chi connectivity index (χ0n) is 9.04. The number of thiol groups is 2. The van der Waals surface area contributed by atoms with Gasteiger partial charge in [-0.3, -0.25) is 0 Å². The summed E-state index contributed by atoms with van der Waals surface area (Å²) in [5, 5.41) is 0. The molecule has 0 fully saturated rings. The summed E-state index contributed by atoms with van der Waals surface area (Å²) in [6, 6.07) is 4.36. The van der Waals surface area contributed by atoms with Crippen molar-refractivity contribution in [3.8, 4) is 0 Å². The molecule has 0 saturated heterocycles. The second kappa shape index (κ2) is 5.13. The van der Waals surface area contributed by atoms with Gasteiger partial charge in [0.15, 0.2) is 0 Å². The van der Waals surface area contributed by atoms with E-state index in [2.05, 4.69) is 58.2 Å². The highest BCUT2D eigenvalue weighted by atomic mass is 32.1. The van der Waals surface area contributed by atoms with Crippen molar-refractivity contribution in [2.45, 2.75) is 49.3 Å². The van der Waals surface area contributed by atoms with Crippen LogP contribution >= 0.6 is 25.3 Å². The van der Waals surface area contributed by atoms with E-state index in [-0.39, 0.29) is 0 Å². The predicted molar refractivity (Wildman–Crippen MR) is 69.0 cm³/mol. The predicted octanol–water partition coefficient (Wildman–Crippen LogP) is 4.48. The molecule has 1 aromatic carbocycles. The van der Waals surface area contributed by atoms with Gasteiger partial charge in [-0.25, -0.2) is 0 Å². The normalized spacial score (nSPS) is 12.9. The van der Waals surface area contributed by atoms with Gasteiger partial charge in [0, 0.05) is 9.79 Å². The molecule has 0 aliphatic heterocycles. The summed E-state index contributed by atoms with van der Waals surface area (Å²) in [4.78, 5) is 1.99. The lowest BCUT2D eigenvalue weighted by molar-refractivity contribution is 0.662. The Morgan fingerprint density at radius 2 is 1.93 bits per heavy atom. The van der Waals surface area contributed by atoms with E-state index < -0.39 is 0 Å². The highest BCUT2D eigenvalue weighted by Gasteiger charge is 2.08. The van der Waals surface area contributed by atoms with Crippen LogP contribution in [0.5, 0.6) is 0 Å². The number of benzene rings is 1. The van der Waals surface area contributed by atoms with Gasteiger partial charge in [0.1, 0.15) is 0 Å². The minimum atomic E-state index is 0.624. The van der Waals surface area contributed by atoms with Crippen molar-refractivity contribution in [1.82, 2.24) is 0 Å². The van der Waals surface area contributed by atoms with Crippen molar-refractivity contribution < 1.29 is 0 Å². The molecule has 1 rings (SSSR count). The van der Waals surface area contributed by atoms with E-state index in [0.717, 1.165) is 9.79 Å². The molecule has 0 bridgehead atoms. The van der Waals surface area contributed by atoms with Gasteiger partial charge in [-0.05, 0) is 36.5 Å². The molecule has 0 aliphatic rings. The second-order valence-corrected chi connectivity index (χ2v) is 4.82. The van der Waals surface area contributed by atoms with Gasteiger partial charge < -0.3 is 0 Å². The van der Waals surface area contributed by atoms with Crippen molar-refractivity contribution in [3.63, 3.8) is 0 Å². The Morgan fingerprint density at radius 1 is 1.29 bits per heavy atom. The summed E-state index contributed by atoms with van der Waals surface area (Å²) in [6.45, 7) is 6.58. The largest absolute Gasteiger partial charge is 0.142 e. The molecule has 0 saturated carbocycles. The number of rotatable bonds is 3. The third-order valence-electron chi connectivity index (χ3n) is 2.59. The number of aryl methyl sites for hydroxylation is 1. The van der Waals surface area contributed by atoms with Crippen LogP contribution in [0, 0.1) is 6.92 Å². The zero-order valence-corrected chi connectivity index (χ0v) is 10.8. The fraction of sp³-hybridized carbons (Fsp3) is 0.500. The topological polar surface area (TPSA) is 0 Å². The van der Waals surface area contributed by atoms with Crippen molar-refractivity contribution in [2.24, 2.45) is 0 Å². The molecule has 1 unspecified atom stereocenters. The van der Waals surface area contributed by atoms with E-state index in [1.165, 1.54) is 24.0 Å². The molecule has 0 amide bonds. The van der Waals surface area contributed by atoms with Gasteiger partial charge >= 0.3 is 0 Å². The Kier molecular flexibility index (Phi) is 4.39. The van der Waals surface area contributed by atoms with Crippen molar-refractivity contribution in [3.05, 3.63) is 23.3 Å². The quantitative estimate of drug-likeness (QED) is 0.698. The lowest BCUT2D eigenvalue weighted by Crippen LogP contribution is -1.94. The van der Waals surface area contributed by atoms with Crippen molar-refractivity contribution in [2.75, 3.05) is 0 Å². The highest BCUT2D eigenvalue weighted by molar-refractivity contribution is 7.83. The fourth-order valence-electron chi connectivity index (χ4n) is 1.67. The summed E-state index contributed by atoms with van der Waals surface area (Å²) in [5.41, 5.74) is 2.60. The Morgan fingerprint density at radius 3 is 2.43 bits per heavy atom. The molecule has 14 heavy (non-hydrogen) atoms. The lowest BCUT2D eigenvalue weighted by Gasteiger charge is -2.13. The molecule has 1 atom stereocenters. The maximum absolute atomic E-state index is 4.42. The zero-order chi connectivity index (χ0) is 10.7. The monoisotopic (exact) mass is 226 g/mol. The second-order valence-electron chi connectivity index (χ2n) is 3.90. The van der Waals surface area contributed by atoms with Crippen molar-refractivity contribution >= 4 is 25.3 Å². The van der Waals surface area contributed by atoms with E-state index in [1.807, 2.05) is 0 Å². The molecule has 0 aromatic heterocycles. The molecular formula is C12H18S2. The summed E-state index contributed by atoms with van der Waals surface area (Å²) < 4.78 is 0. The van der Waals surface area contributed by atoms with Gasteiger partial charge in [-0.1, -0.05) is 26.3 Å². The van der Waals surface area contributed by atoms with Crippen LogP contribution in [0.1, 0.15) is 43.7 Å². The van der Waals surface area contributed by atoms with E-state index in [9.17, 15) is 0 Å². The standard InChI is InChI=1S/C12H18S2/c1-4-5-8(2)10-6-9(3)12(14)11(13)7-10/h6-8,13-14H,4-5H2,1-3H3. The van der Waals surface area contributed by atoms with Gasteiger partial charge in [-0.15, -0.1) is 25.3 Å². The van der Waals surface area contributed by atoms with Crippen LogP contribution in [-0.2, 0) is 0 Å². The Balaban J connectivity index is 3.00. The molecule has 0 N–H and O–H groups in total. The summed E-state index contributed by atoms with van der Waals surface area (Å²) >= 11 is 8.83. The van der Waals surface area contributed by atoms with Gasteiger partial charge in [0.25, 0.3) is 0 Å². The summed E-state index contributed by atoms with van der Waals surface area (Å²) in [5.74, 6) is 0.624. The van der Waals surface area contributed by atoms with Gasteiger partial charge in [0.05, 0.1) is 0 Å². The van der Waals surface area contributed by atoms with E-state index >= 15 is 0 Å². The fourth-order valence-corrected chi connectivity index (χ4v) is 2.13. The van der Waals surface area contributed by atoms with E-state index in [4.69, 9.17) is 0 Å². The Hall–Kier alpha value is -0.0800. The molecule has 0 spiro atoms. The lowest BCUT2D eigenvalue weighted by atomic mass is 9.95. The van der Waals surface area contributed by atoms with Gasteiger partial charge in [-0.2, -0.15) is 0 Å². The van der Waals surface area contributed by atoms with Crippen LogP contribution in [0.2, 0.25) is 0 Å². The van der Waals surface area contributed by atoms with Crippen LogP contribution in [0.15, 0.2) is 21.9 Å². The first-order valence-electron chi connectivity index (χ1n) is 5.08. The molecule has 0 nitrogen and oxygen atoms in total. The first-order chi connectivity index (χ1) is 6.56. The molecule has 0 aliphatic carbocycles. The van der Waals surface area contributed by atoms with Crippen molar-refractivity contribution in [1.29, 1.82) is 0 Å². The molecule has 0 heterocycles. The Bertz CT molecular complexity index is 295.